The molecule has 3 rings (SSSR count). The topological polar surface area (TPSA) is 65.2 Å². The number of fused-ring (bicyclic) bond motifs is 1. The third-order valence-electron chi connectivity index (χ3n) is 3.25. The van der Waals surface area contributed by atoms with E-state index in [2.05, 4.69) is 20.9 Å². The summed E-state index contributed by atoms with van der Waals surface area (Å²) in [7, 11) is 0. The number of benzene rings is 1. The van der Waals surface area contributed by atoms with Gasteiger partial charge in [-0.3, -0.25) is 9.78 Å². The van der Waals surface area contributed by atoms with Crippen LogP contribution in [0.1, 0.15) is 21.6 Å². The molecule has 1 aromatic heterocycles. The molecule has 1 aliphatic rings. The van der Waals surface area contributed by atoms with Gasteiger partial charge in [0.2, 0.25) is 0 Å². The van der Waals surface area contributed by atoms with Crippen LogP contribution in [-0.2, 0) is 12.8 Å². The van der Waals surface area contributed by atoms with Crippen LogP contribution in [0.3, 0.4) is 0 Å². The largest absolute Gasteiger partial charge is 0.493 e. The highest BCUT2D eigenvalue weighted by Crippen LogP contribution is 2.33. The molecule has 4 nitrogen and oxygen atoms in total. The summed E-state index contributed by atoms with van der Waals surface area (Å²) in [5.74, 6) is 0.804. The van der Waals surface area contributed by atoms with Crippen LogP contribution in [0.2, 0.25) is 0 Å². The zero-order chi connectivity index (χ0) is 14.1. The van der Waals surface area contributed by atoms with Crippen molar-refractivity contribution >= 4 is 27.4 Å². The van der Waals surface area contributed by atoms with E-state index in [-0.39, 0.29) is 12.2 Å². The maximum atomic E-state index is 12.3. The Kier molecular flexibility index (Phi) is 3.44. The molecule has 1 aromatic carbocycles. The molecule has 0 aliphatic carbocycles. The zero-order valence-corrected chi connectivity index (χ0v) is 12.3. The Morgan fingerprint density at radius 3 is 3.00 bits per heavy atom. The Balaban J connectivity index is 1.88. The molecule has 0 radical (unpaired) electrons. The Morgan fingerprint density at radius 2 is 2.25 bits per heavy atom. The molecule has 0 fully saturated rings. The summed E-state index contributed by atoms with van der Waals surface area (Å²) < 4.78 is 6.59. The number of ether oxygens (including phenoxy) is 1. The molecule has 2 N–H and O–H groups in total. The highest BCUT2D eigenvalue weighted by atomic mass is 79.9. The lowest BCUT2D eigenvalue weighted by Gasteiger charge is -2.08. The number of carbonyl (C=O) groups is 1. The van der Waals surface area contributed by atoms with Crippen LogP contribution >= 0.6 is 15.9 Å². The lowest BCUT2D eigenvalue weighted by molar-refractivity contribution is 0.0987. The van der Waals surface area contributed by atoms with Gasteiger partial charge in [0.25, 0.3) is 0 Å². The fourth-order valence-electron chi connectivity index (χ4n) is 2.31. The van der Waals surface area contributed by atoms with Gasteiger partial charge in [-0.1, -0.05) is 15.9 Å². The van der Waals surface area contributed by atoms with Crippen molar-refractivity contribution in [3.8, 4) is 5.75 Å². The molecule has 0 spiro atoms. The van der Waals surface area contributed by atoms with Crippen molar-refractivity contribution in [3.63, 3.8) is 0 Å². The van der Waals surface area contributed by atoms with E-state index in [1.165, 1.54) is 6.20 Å². The van der Waals surface area contributed by atoms with E-state index in [9.17, 15) is 4.79 Å². The van der Waals surface area contributed by atoms with Gasteiger partial charge in [-0.15, -0.1) is 0 Å². The second-order valence-electron chi connectivity index (χ2n) is 4.73. The molecule has 2 aromatic rings. The minimum atomic E-state index is -0.0409. The molecule has 2 heterocycles. The lowest BCUT2D eigenvalue weighted by atomic mass is 10.0. The van der Waals surface area contributed by atoms with Gasteiger partial charge in [-0.2, -0.15) is 0 Å². The average molecular weight is 333 g/mol. The number of ketones is 1. The number of pyridine rings is 1. The van der Waals surface area contributed by atoms with E-state index >= 15 is 0 Å². The summed E-state index contributed by atoms with van der Waals surface area (Å²) in [5, 5.41) is 0. The number of nitrogens with two attached hydrogens (primary N) is 1. The van der Waals surface area contributed by atoms with Gasteiger partial charge in [0.1, 0.15) is 11.4 Å². The third kappa shape index (κ3) is 2.54. The number of nitrogen functional groups attached to an aromatic ring is 1. The lowest BCUT2D eigenvalue weighted by Crippen LogP contribution is -2.07. The molecule has 20 heavy (non-hydrogen) atoms. The fourth-order valence-corrected chi connectivity index (χ4v) is 2.86. The number of carbonyl (C=O) groups excluding carboxylic acids is 1. The fraction of sp³-hybridized carbons (Fsp3) is 0.200. The zero-order valence-electron chi connectivity index (χ0n) is 10.7. The molecule has 1 aliphatic heterocycles. The molecule has 102 valence electrons. The molecule has 0 bridgehead atoms. The van der Waals surface area contributed by atoms with Gasteiger partial charge in [-0.25, -0.2) is 0 Å². The molecular formula is C15H13BrN2O2. The van der Waals surface area contributed by atoms with Crippen LogP contribution in [0, 0.1) is 0 Å². The van der Waals surface area contributed by atoms with Crippen molar-refractivity contribution < 1.29 is 9.53 Å². The normalized spacial score (nSPS) is 12.8. The van der Waals surface area contributed by atoms with Crippen LogP contribution < -0.4 is 10.5 Å². The van der Waals surface area contributed by atoms with E-state index in [4.69, 9.17) is 10.5 Å². The highest BCUT2D eigenvalue weighted by molar-refractivity contribution is 9.10. The van der Waals surface area contributed by atoms with Crippen LogP contribution in [0.4, 0.5) is 5.69 Å². The minimum Gasteiger partial charge on any atom is -0.493 e. The maximum absolute atomic E-state index is 12.3. The Hall–Kier alpha value is -1.88. The molecule has 0 atom stereocenters. The Labute approximate surface area is 125 Å². The number of anilines is 1. The average Bonchev–Trinajstić information content (AvgIpc) is 2.87. The van der Waals surface area contributed by atoms with Gasteiger partial charge >= 0.3 is 0 Å². The highest BCUT2D eigenvalue weighted by Gasteiger charge is 2.20. The number of nitrogens with zero attached hydrogens (tertiary/aromatic N) is 1. The summed E-state index contributed by atoms with van der Waals surface area (Å²) in [6.45, 7) is 0.674. The van der Waals surface area contributed by atoms with E-state index < -0.39 is 0 Å². The standard InChI is InChI=1S/C15H13BrN2O2/c16-11-5-9-3-4-20-15(9)10(6-11)7-14(19)13-2-1-12(17)8-18-13/h1-2,5-6,8H,3-4,7,17H2. The molecular weight excluding hydrogens is 320 g/mol. The van der Waals surface area contributed by atoms with E-state index in [0.717, 1.165) is 27.8 Å². The van der Waals surface area contributed by atoms with Gasteiger partial charge in [-0.05, 0) is 29.8 Å². The Bertz CT molecular complexity index is 668. The monoisotopic (exact) mass is 332 g/mol. The van der Waals surface area contributed by atoms with Crippen molar-refractivity contribution in [1.82, 2.24) is 4.98 Å². The molecule has 0 saturated heterocycles. The van der Waals surface area contributed by atoms with E-state index in [1.807, 2.05) is 12.1 Å². The van der Waals surface area contributed by atoms with Crippen molar-refractivity contribution in [2.75, 3.05) is 12.3 Å². The second-order valence-corrected chi connectivity index (χ2v) is 5.64. The first-order valence-corrected chi connectivity index (χ1v) is 7.11. The summed E-state index contributed by atoms with van der Waals surface area (Å²) >= 11 is 3.47. The predicted octanol–water partition coefficient (Wildman–Crippen LogP) is 2.79. The van der Waals surface area contributed by atoms with Crippen molar-refractivity contribution in [2.45, 2.75) is 12.8 Å². The molecule has 0 saturated carbocycles. The number of rotatable bonds is 3. The Morgan fingerprint density at radius 1 is 1.40 bits per heavy atom. The number of aromatic nitrogens is 1. The molecule has 5 heteroatoms. The van der Waals surface area contributed by atoms with Crippen LogP contribution in [0.15, 0.2) is 34.9 Å². The van der Waals surface area contributed by atoms with Crippen LogP contribution in [0.25, 0.3) is 0 Å². The second kappa shape index (κ2) is 5.25. The third-order valence-corrected chi connectivity index (χ3v) is 3.71. The quantitative estimate of drug-likeness (QED) is 0.878. The van der Waals surface area contributed by atoms with Gasteiger partial charge < -0.3 is 10.5 Å². The number of halogens is 1. The van der Waals surface area contributed by atoms with Crippen molar-refractivity contribution in [2.24, 2.45) is 0 Å². The van der Waals surface area contributed by atoms with Gasteiger partial charge in [0, 0.05) is 22.9 Å². The summed E-state index contributed by atoms with van der Waals surface area (Å²) in [6, 6.07) is 7.30. The number of hydrogen-bond acceptors (Lipinski definition) is 4. The summed E-state index contributed by atoms with van der Waals surface area (Å²) in [6.07, 6.45) is 2.66. The van der Waals surface area contributed by atoms with Gasteiger partial charge in [0.05, 0.1) is 18.5 Å². The molecule has 0 amide bonds. The first-order chi connectivity index (χ1) is 9.63. The number of Topliss-reactive ketones (excluding diaryl/α,β-unsaturated/α-hetero) is 1. The summed E-state index contributed by atoms with van der Waals surface area (Å²) in [5.41, 5.74) is 8.59. The van der Waals surface area contributed by atoms with E-state index in [0.29, 0.717) is 18.0 Å². The SMILES string of the molecule is Nc1ccc(C(=O)Cc2cc(Br)cc3c2OCC3)nc1. The van der Waals surface area contributed by atoms with Crippen LogP contribution in [0.5, 0.6) is 5.75 Å². The molecule has 0 unspecified atom stereocenters. The van der Waals surface area contributed by atoms with Crippen molar-refractivity contribution in [1.29, 1.82) is 0 Å². The summed E-state index contributed by atoms with van der Waals surface area (Å²) in [4.78, 5) is 16.3. The predicted molar refractivity (Wildman–Crippen MR) is 80.0 cm³/mol. The first kappa shape index (κ1) is 13.1. The maximum Gasteiger partial charge on any atom is 0.185 e. The van der Waals surface area contributed by atoms with E-state index in [1.54, 1.807) is 12.1 Å². The van der Waals surface area contributed by atoms with Crippen LogP contribution in [-0.4, -0.2) is 17.4 Å². The smallest absolute Gasteiger partial charge is 0.185 e. The number of hydrogen-bond donors (Lipinski definition) is 1. The van der Waals surface area contributed by atoms with Crippen molar-refractivity contribution in [3.05, 3.63) is 51.8 Å². The van der Waals surface area contributed by atoms with Gasteiger partial charge in [0.15, 0.2) is 5.78 Å². The minimum absolute atomic E-state index is 0.0409. The first-order valence-electron chi connectivity index (χ1n) is 6.32.